The van der Waals surface area contributed by atoms with Gasteiger partial charge in [-0.3, -0.25) is 9.48 Å². The fourth-order valence-corrected chi connectivity index (χ4v) is 3.88. The third-order valence-electron chi connectivity index (χ3n) is 5.70. The van der Waals surface area contributed by atoms with Crippen LogP contribution >= 0.6 is 0 Å². The fraction of sp³-hybridized carbons (Fsp3) is 0.214. The quantitative estimate of drug-likeness (QED) is 0.377. The highest BCUT2D eigenvalue weighted by atomic mass is 16.5. The predicted octanol–water partition coefficient (Wildman–Crippen LogP) is 4.86. The number of ether oxygens (including phenoxy) is 3. The van der Waals surface area contributed by atoms with Crippen molar-refractivity contribution in [1.82, 2.24) is 15.1 Å². The summed E-state index contributed by atoms with van der Waals surface area (Å²) in [6.45, 7) is 2.88. The van der Waals surface area contributed by atoms with Gasteiger partial charge in [0.25, 0.3) is 5.91 Å². The van der Waals surface area contributed by atoms with E-state index in [4.69, 9.17) is 19.3 Å². The maximum absolute atomic E-state index is 13.3. The van der Waals surface area contributed by atoms with Gasteiger partial charge in [-0.15, -0.1) is 0 Å². The van der Waals surface area contributed by atoms with Gasteiger partial charge >= 0.3 is 0 Å². The Morgan fingerprint density at radius 2 is 1.54 bits per heavy atom. The lowest BCUT2D eigenvalue weighted by atomic mass is 10.1. The first kappa shape index (κ1) is 23.9. The zero-order valence-corrected chi connectivity index (χ0v) is 20.4. The number of rotatable bonds is 9. The van der Waals surface area contributed by atoms with Gasteiger partial charge in [0.2, 0.25) is 5.75 Å². The summed E-state index contributed by atoms with van der Waals surface area (Å²) in [5.41, 5.74) is 5.11. The van der Waals surface area contributed by atoms with Crippen molar-refractivity contribution < 1.29 is 19.0 Å². The number of carbonyl (C=O) groups is 1. The Labute approximate surface area is 205 Å². The summed E-state index contributed by atoms with van der Waals surface area (Å²) in [6, 6.07) is 21.7. The maximum Gasteiger partial charge on any atom is 0.255 e. The van der Waals surface area contributed by atoms with Gasteiger partial charge in [0.1, 0.15) is 5.69 Å². The number of aryl methyl sites for hydroxylation is 1. The van der Waals surface area contributed by atoms with E-state index in [0.29, 0.717) is 35.1 Å². The predicted molar refractivity (Wildman–Crippen MR) is 135 cm³/mol. The number of amides is 1. The van der Waals surface area contributed by atoms with E-state index in [1.54, 1.807) is 32.2 Å². The highest BCUT2D eigenvalue weighted by Crippen LogP contribution is 2.38. The lowest BCUT2D eigenvalue weighted by Crippen LogP contribution is -2.23. The minimum Gasteiger partial charge on any atom is -0.493 e. The lowest BCUT2D eigenvalue weighted by molar-refractivity contribution is 0.0951. The number of methoxy groups -OCH3 is 3. The maximum atomic E-state index is 13.3. The smallest absolute Gasteiger partial charge is 0.255 e. The Morgan fingerprint density at radius 3 is 2.14 bits per heavy atom. The molecule has 7 heteroatoms. The van der Waals surface area contributed by atoms with Gasteiger partial charge in [-0.2, -0.15) is 5.10 Å². The summed E-state index contributed by atoms with van der Waals surface area (Å²) in [5, 5.41) is 7.77. The summed E-state index contributed by atoms with van der Waals surface area (Å²) < 4.78 is 18.0. The molecular formula is C28H29N3O4. The molecule has 0 spiro atoms. The van der Waals surface area contributed by atoms with Crippen LogP contribution in [-0.4, -0.2) is 37.0 Å². The van der Waals surface area contributed by atoms with Crippen LogP contribution in [0.4, 0.5) is 0 Å². The summed E-state index contributed by atoms with van der Waals surface area (Å²) in [6.07, 6.45) is 1.80. The van der Waals surface area contributed by atoms with Crippen LogP contribution in [0.15, 0.2) is 72.9 Å². The number of hydrogen-bond acceptors (Lipinski definition) is 5. The molecule has 1 heterocycles. The first-order valence-corrected chi connectivity index (χ1v) is 11.3. The summed E-state index contributed by atoms with van der Waals surface area (Å²) in [4.78, 5) is 13.3. The van der Waals surface area contributed by atoms with Crippen LogP contribution in [-0.2, 0) is 13.1 Å². The zero-order valence-electron chi connectivity index (χ0n) is 20.4. The second-order valence-electron chi connectivity index (χ2n) is 8.16. The van der Waals surface area contributed by atoms with Gasteiger partial charge in [-0.1, -0.05) is 60.2 Å². The molecule has 1 amide bonds. The number of aromatic nitrogens is 2. The zero-order chi connectivity index (χ0) is 24.8. The van der Waals surface area contributed by atoms with Crippen molar-refractivity contribution in [3.8, 4) is 28.5 Å². The van der Waals surface area contributed by atoms with E-state index in [-0.39, 0.29) is 12.5 Å². The topological polar surface area (TPSA) is 74.6 Å². The molecule has 35 heavy (non-hydrogen) atoms. The molecule has 4 aromatic rings. The van der Waals surface area contributed by atoms with E-state index in [9.17, 15) is 4.79 Å². The molecule has 0 unspecified atom stereocenters. The average molecular weight is 472 g/mol. The van der Waals surface area contributed by atoms with Crippen LogP contribution in [0.1, 0.15) is 27.0 Å². The van der Waals surface area contributed by atoms with Crippen LogP contribution in [0.2, 0.25) is 0 Å². The Hall–Kier alpha value is -4.26. The molecule has 0 aliphatic carbocycles. The summed E-state index contributed by atoms with van der Waals surface area (Å²) in [5.74, 6) is 1.36. The number of nitrogens with zero attached hydrogens (tertiary/aromatic N) is 2. The first-order valence-electron chi connectivity index (χ1n) is 11.3. The molecule has 3 aromatic carbocycles. The van der Waals surface area contributed by atoms with Crippen LogP contribution in [0.3, 0.4) is 0 Å². The molecule has 0 aliphatic rings. The van der Waals surface area contributed by atoms with Crippen molar-refractivity contribution in [2.24, 2.45) is 0 Å². The van der Waals surface area contributed by atoms with E-state index in [1.807, 2.05) is 73.7 Å². The van der Waals surface area contributed by atoms with E-state index < -0.39 is 0 Å². The van der Waals surface area contributed by atoms with Gasteiger partial charge in [0, 0.05) is 18.3 Å². The SMILES string of the molecule is COc1cc(CNC(=O)c2cn(Cc3ccccc3)nc2-c2ccc(C)cc2)cc(OC)c1OC. The van der Waals surface area contributed by atoms with Gasteiger partial charge in [0.15, 0.2) is 11.5 Å². The first-order chi connectivity index (χ1) is 17.0. The van der Waals surface area contributed by atoms with Crippen molar-refractivity contribution in [2.45, 2.75) is 20.0 Å². The van der Waals surface area contributed by atoms with Gasteiger partial charge in [0.05, 0.1) is 33.4 Å². The molecular weight excluding hydrogens is 442 g/mol. The average Bonchev–Trinajstić information content (AvgIpc) is 3.31. The van der Waals surface area contributed by atoms with Crippen LogP contribution in [0.5, 0.6) is 17.2 Å². The van der Waals surface area contributed by atoms with Crippen molar-refractivity contribution >= 4 is 5.91 Å². The molecule has 1 aromatic heterocycles. The van der Waals surface area contributed by atoms with Crippen LogP contribution in [0.25, 0.3) is 11.3 Å². The highest BCUT2D eigenvalue weighted by Gasteiger charge is 2.19. The van der Waals surface area contributed by atoms with E-state index in [2.05, 4.69) is 5.32 Å². The summed E-state index contributed by atoms with van der Waals surface area (Å²) >= 11 is 0. The lowest BCUT2D eigenvalue weighted by Gasteiger charge is -2.14. The molecule has 0 saturated heterocycles. The van der Waals surface area contributed by atoms with Crippen LogP contribution in [0, 0.1) is 6.92 Å². The Bertz CT molecular complexity index is 1270. The van der Waals surface area contributed by atoms with E-state index >= 15 is 0 Å². The normalized spacial score (nSPS) is 10.6. The van der Waals surface area contributed by atoms with Crippen molar-refractivity contribution in [3.05, 3.63) is 95.2 Å². The minimum atomic E-state index is -0.214. The second kappa shape index (κ2) is 10.8. The number of hydrogen-bond donors (Lipinski definition) is 1. The molecule has 0 saturated carbocycles. The second-order valence-corrected chi connectivity index (χ2v) is 8.16. The number of carbonyl (C=O) groups excluding carboxylic acids is 1. The van der Waals surface area contributed by atoms with E-state index in [1.165, 1.54) is 0 Å². The Morgan fingerprint density at radius 1 is 0.886 bits per heavy atom. The van der Waals surface area contributed by atoms with Gasteiger partial charge in [-0.25, -0.2) is 0 Å². The largest absolute Gasteiger partial charge is 0.493 e. The van der Waals surface area contributed by atoms with Crippen molar-refractivity contribution in [2.75, 3.05) is 21.3 Å². The molecule has 1 N–H and O–H groups in total. The van der Waals surface area contributed by atoms with Gasteiger partial charge in [-0.05, 0) is 30.2 Å². The fourth-order valence-electron chi connectivity index (χ4n) is 3.88. The molecule has 0 atom stereocenters. The Kier molecular flexibility index (Phi) is 7.35. The Balaban J connectivity index is 1.61. The third kappa shape index (κ3) is 5.46. The van der Waals surface area contributed by atoms with Crippen molar-refractivity contribution in [3.63, 3.8) is 0 Å². The molecule has 0 fully saturated rings. The van der Waals surface area contributed by atoms with E-state index in [0.717, 1.165) is 22.3 Å². The van der Waals surface area contributed by atoms with Gasteiger partial charge < -0.3 is 19.5 Å². The third-order valence-corrected chi connectivity index (χ3v) is 5.70. The molecule has 180 valence electrons. The number of benzene rings is 3. The molecule has 0 radical (unpaired) electrons. The molecule has 0 aliphatic heterocycles. The number of nitrogens with one attached hydrogen (secondary N) is 1. The molecule has 7 nitrogen and oxygen atoms in total. The van der Waals surface area contributed by atoms with Crippen molar-refractivity contribution in [1.29, 1.82) is 0 Å². The van der Waals surface area contributed by atoms with Crippen LogP contribution < -0.4 is 19.5 Å². The standard InChI is InChI=1S/C28H29N3O4/c1-19-10-12-22(13-11-19)26-23(18-31(30-26)17-20-8-6-5-7-9-20)28(32)29-16-21-14-24(33-2)27(35-4)25(15-21)34-3/h5-15,18H,16-17H2,1-4H3,(H,29,32). The minimum absolute atomic E-state index is 0.214. The molecule has 0 bridgehead atoms. The highest BCUT2D eigenvalue weighted by molar-refractivity contribution is 5.99. The summed E-state index contributed by atoms with van der Waals surface area (Å²) in [7, 11) is 4.69. The monoisotopic (exact) mass is 471 g/mol. The molecule has 4 rings (SSSR count).